The van der Waals surface area contributed by atoms with Crippen LogP contribution in [0.5, 0.6) is 0 Å². The van der Waals surface area contributed by atoms with Gasteiger partial charge in [-0.2, -0.15) is 0 Å². The van der Waals surface area contributed by atoms with Gasteiger partial charge in [0.1, 0.15) is 5.69 Å². The molecule has 1 N–H and O–H groups in total. The molecule has 2 heterocycles. The Balaban J connectivity index is 2.11. The van der Waals surface area contributed by atoms with Crippen LogP contribution < -0.4 is 0 Å². The average Bonchev–Trinajstić information content (AvgIpc) is 2.76. The maximum absolute atomic E-state index is 9.29. The number of hydrogen-bond donors (Lipinski definition) is 1. The van der Waals surface area contributed by atoms with Crippen molar-refractivity contribution in [3.05, 3.63) is 32.7 Å². The summed E-state index contributed by atoms with van der Waals surface area (Å²) in [7, 11) is 0. The first-order chi connectivity index (χ1) is 7.15. The van der Waals surface area contributed by atoms with Gasteiger partial charge in [-0.3, -0.25) is 0 Å². The summed E-state index contributed by atoms with van der Waals surface area (Å²) in [4.78, 5) is 0. The lowest BCUT2D eigenvalue weighted by Crippen LogP contribution is -1.98. The van der Waals surface area contributed by atoms with Crippen LogP contribution >= 0.6 is 27.3 Å². The number of halogens is 1. The van der Waals surface area contributed by atoms with Crippen LogP contribution in [0.2, 0.25) is 0 Å². The van der Waals surface area contributed by atoms with Crippen LogP contribution in [0.4, 0.5) is 0 Å². The van der Waals surface area contributed by atoms with Gasteiger partial charge in [0, 0.05) is 0 Å². The molecule has 6 heteroatoms. The lowest BCUT2D eigenvalue weighted by Gasteiger charge is -1.96. The van der Waals surface area contributed by atoms with Crippen molar-refractivity contribution in [2.24, 2.45) is 0 Å². The van der Waals surface area contributed by atoms with Gasteiger partial charge in [-0.25, -0.2) is 4.68 Å². The van der Waals surface area contributed by atoms with Crippen LogP contribution in [-0.2, 0) is 6.54 Å². The van der Waals surface area contributed by atoms with Crippen molar-refractivity contribution in [3.63, 3.8) is 0 Å². The van der Waals surface area contributed by atoms with Gasteiger partial charge < -0.3 is 5.11 Å². The predicted molar refractivity (Wildman–Crippen MR) is 61.8 cm³/mol. The summed E-state index contributed by atoms with van der Waals surface area (Å²) < 4.78 is 2.82. The Morgan fingerprint density at radius 3 is 3.00 bits per heavy atom. The van der Waals surface area contributed by atoms with E-state index in [-0.39, 0.29) is 0 Å². The third-order valence-corrected chi connectivity index (χ3v) is 3.50. The molecule has 0 aliphatic carbocycles. The standard InChI is InChI=1S/C9H10BrN3OS/c1-6(14)8-4-13(12-11-8)3-7-2-9(10)15-5-7/h2,4-6,14H,3H2,1H3. The minimum Gasteiger partial charge on any atom is -0.387 e. The SMILES string of the molecule is CC(O)c1cn(Cc2csc(Br)c2)nn1. The van der Waals surface area contributed by atoms with E-state index < -0.39 is 6.10 Å². The molecule has 0 aliphatic rings. The molecule has 0 radical (unpaired) electrons. The summed E-state index contributed by atoms with van der Waals surface area (Å²) in [6.07, 6.45) is 1.20. The number of hydrogen-bond acceptors (Lipinski definition) is 4. The van der Waals surface area contributed by atoms with Gasteiger partial charge in [0.25, 0.3) is 0 Å². The minimum atomic E-state index is -0.562. The molecule has 2 rings (SSSR count). The summed E-state index contributed by atoms with van der Waals surface area (Å²) in [5.74, 6) is 0. The summed E-state index contributed by atoms with van der Waals surface area (Å²) in [5.41, 5.74) is 1.78. The fraction of sp³-hybridized carbons (Fsp3) is 0.333. The van der Waals surface area contributed by atoms with Crippen molar-refractivity contribution < 1.29 is 5.11 Å². The van der Waals surface area contributed by atoms with E-state index in [1.165, 1.54) is 5.56 Å². The fourth-order valence-electron chi connectivity index (χ4n) is 1.20. The monoisotopic (exact) mass is 287 g/mol. The second-order valence-electron chi connectivity index (χ2n) is 3.28. The van der Waals surface area contributed by atoms with E-state index in [2.05, 4.69) is 31.6 Å². The molecular weight excluding hydrogens is 278 g/mol. The summed E-state index contributed by atoms with van der Waals surface area (Å²) in [6, 6.07) is 2.05. The van der Waals surface area contributed by atoms with E-state index >= 15 is 0 Å². The molecule has 1 unspecified atom stereocenters. The molecule has 0 saturated heterocycles. The average molecular weight is 288 g/mol. The van der Waals surface area contributed by atoms with E-state index in [1.807, 2.05) is 6.07 Å². The third kappa shape index (κ3) is 2.64. The summed E-state index contributed by atoms with van der Waals surface area (Å²) >= 11 is 5.05. The highest BCUT2D eigenvalue weighted by atomic mass is 79.9. The largest absolute Gasteiger partial charge is 0.387 e. The van der Waals surface area contributed by atoms with E-state index in [0.29, 0.717) is 12.2 Å². The van der Waals surface area contributed by atoms with Crippen LogP contribution in [-0.4, -0.2) is 20.1 Å². The molecule has 0 amide bonds. The second-order valence-corrected chi connectivity index (χ2v) is 5.57. The first-order valence-corrected chi connectivity index (χ1v) is 6.13. The Labute approximate surface area is 99.7 Å². The molecule has 4 nitrogen and oxygen atoms in total. The Hall–Kier alpha value is -0.720. The molecule has 0 aliphatic heterocycles. The van der Waals surface area contributed by atoms with Crippen molar-refractivity contribution in [2.45, 2.75) is 19.6 Å². The molecule has 0 saturated carbocycles. The van der Waals surface area contributed by atoms with Gasteiger partial charge in [-0.15, -0.1) is 16.4 Å². The molecule has 2 aromatic heterocycles. The van der Waals surface area contributed by atoms with Crippen LogP contribution in [0.25, 0.3) is 0 Å². The zero-order valence-electron chi connectivity index (χ0n) is 8.09. The number of rotatable bonds is 3. The number of thiophene rings is 1. The fourth-order valence-corrected chi connectivity index (χ4v) is 2.40. The van der Waals surface area contributed by atoms with E-state index in [9.17, 15) is 5.11 Å². The van der Waals surface area contributed by atoms with Gasteiger partial charge in [0.15, 0.2) is 0 Å². The van der Waals surface area contributed by atoms with Crippen molar-refractivity contribution >= 4 is 27.3 Å². The van der Waals surface area contributed by atoms with Gasteiger partial charge in [-0.05, 0) is 39.9 Å². The van der Waals surface area contributed by atoms with Gasteiger partial charge in [0.05, 0.1) is 22.6 Å². The predicted octanol–water partition coefficient (Wildman–Crippen LogP) is 2.20. The van der Waals surface area contributed by atoms with Crippen molar-refractivity contribution in [2.75, 3.05) is 0 Å². The van der Waals surface area contributed by atoms with Gasteiger partial charge in [-0.1, -0.05) is 5.21 Å². The van der Waals surface area contributed by atoms with E-state index in [1.54, 1.807) is 29.1 Å². The van der Waals surface area contributed by atoms with Crippen molar-refractivity contribution in [1.29, 1.82) is 0 Å². The number of nitrogens with zero attached hydrogens (tertiary/aromatic N) is 3. The van der Waals surface area contributed by atoms with Gasteiger partial charge >= 0.3 is 0 Å². The zero-order chi connectivity index (χ0) is 10.8. The zero-order valence-corrected chi connectivity index (χ0v) is 10.5. The molecule has 0 bridgehead atoms. The van der Waals surface area contributed by atoms with Crippen molar-refractivity contribution in [1.82, 2.24) is 15.0 Å². The first-order valence-electron chi connectivity index (χ1n) is 4.46. The smallest absolute Gasteiger partial charge is 0.111 e. The molecule has 15 heavy (non-hydrogen) atoms. The molecule has 2 aromatic rings. The summed E-state index contributed by atoms with van der Waals surface area (Å²) in [5, 5.41) is 19.2. The maximum Gasteiger partial charge on any atom is 0.111 e. The molecule has 80 valence electrons. The Morgan fingerprint density at radius 1 is 1.67 bits per heavy atom. The number of aliphatic hydroxyl groups is 1. The van der Waals surface area contributed by atoms with Crippen LogP contribution in [0.3, 0.4) is 0 Å². The normalized spacial score (nSPS) is 13.0. The van der Waals surface area contributed by atoms with Crippen LogP contribution in [0, 0.1) is 0 Å². The number of aromatic nitrogens is 3. The highest BCUT2D eigenvalue weighted by molar-refractivity contribution is 9.11. The Bertz CT molecular complexity index is 452. The molecule has 0 fully saturated rings. The van der Waals surface area contributed by atoms with Crippen LogP contribution in [0.15, 0.2) is 21.4 Å². The van der Waals surface area contributed by atoms with E-state index in [4.69, 9.17) is 0 Å². The van der Waals surface area contributed by atoms with Crippen LogP contribution in [0.1, 0.15) is 24.3 Å². The lowest BCUT2D eigenvalue weighted by molar-refractivity contribution is 0.194. The molecule has 0 aromatic carbocycles. The van der Waals surface area contributed by atoms with E-state index in [0.717, 1.165) is 3.79 Å². The maximum atomic E-state index is 9.29. The minimum absolute atomic E-state index is 0.562. The quantitative estimate of drug-likeness (QED) is 0.942. The summed E-state index contributed by atoms with van der Waals surface area (Å²) in [6.45, 7) is 2.36. The van der Waals surface area contributed by atoms with Crippen molar-refractivity contribution in [3.8, 4) is 0 Å². The highest BCUT2D eigenvalue weighted by Gasteiger charge is 2.06. The highest BCUT2D eigenvalue weighted by Crippen LogP contribution is 2.21. The third-order valence-electron chi connectivity index (χ3n) is 1.95. The number of aliphatic hydroxyl groups excluding tert-OH is 1. The molecule has 0 spiro atoms. The Kier molecular flexibility index (Phi) is 3.18. The lowest BCUT2D eigenvalue weighted by atomic mass is 10.3. The molecule has 1 atom stereocenters. The Morgan fingerprint density at radius 2 is 2.47 bits per heavy atom. The second kappa shape index (κ2) is 4.42. The molecular formula is C9H10BrN3OS. The first kappa shape index (κ1) is 10.8. The topological polar surface area (TPSA) is 50.9 Å². The van der Waals surface area contributed by atoms with Gasteiger partial charge in [0.2, 0.25) is 0 Å².